The van der Waals surface area contributed by atoms with Gasteiger partial charge in [-0.2, -0.15) is 5.10 Å². The van der Waals surface area contributed by atoms with Crippen molar-refractivity contribution in [3.63, 3.8) is 0 Å². The Balaban J connectivity index is 2.87. The molecule has 0 saturated carbocycles. The molecule has 0 saturated heterocycles. The second-order valence-corrected chi connectivity index (χ2v) is 3.83. The largest absolute Gasteiger partial charge is 0.264 e. The molecule has 0 radical (unpaired) electrons. The van der Waals surface area contributed by atoms with Gasteiger partial charge in [0.1, 0.15) is 4.60 Å². The van der Waals surface area contributed by atoms with E-state index in [0.717, 1.165) is 11.1 Å². The van der Waals surface area contributed by atoms with E-state index in [4.69, 9.17) is 0 Å². The first kappa shape index (κ1) is 8.75. The van der Waals surface area contributed by atoms with Gasteiger partial charge in [-0.25, -0.2) is 0 Å². The maximum absolute atomic E-state index is 4.40. The van der Waals surface area contributed by atoms with E-state index in [2.05, 4.69) is 53.1 Å². The minimum Gasteiger partial charge on any atom is -0.264 e. The fraction of sp³-hybridized carbons (Fsp3) is 0.300. The molecule has 0 atom stereocenters. The van der Waals surface area contributed by atoms with Crippen LogP contribution in [0, 0.1) is 6.92 Å². The van der Waals surface area contributed by atoms with Crippen LogP contribution in [0.1, 0.15) is 12.5 Å². The van der Waals surface area contributed by atoms with Gasteiger partial charge in [0, 0.05) is 11.9 Å². The lowest BCUT2D eigenvalue weighted by molar-refractivity contribution is 0.678. The molecule has 68 valence electrons. The predicted molar refractivity (Wildman–Crippen MR) is 57.8 cm³/mol. The molecule has 2 rings (SSSR count). The SMILES string of the molecule is CCn1nc(Br)c2c(C)cccc21. The summed E-state index contributed by atoms with van der Waals surface area (Å²) in [4.78, 5) is 0. The van der Waals surface area contributed by atoms with Crippen LogP contribution in [-0.4, -0.2) is 9.78 Å². The number of halogens is 1. The van der Waals surface area contributed by atoms with E-state index in [1.54, 1.807) is 0 Å². The maximum atomic E-state index is 4.40. The number of hydrogen-bond donors (Lipinski definition) is 0. The van der Waals surface area contributed by atoms with Crippen LogP contribution in [0.4, 0.5) is 0 Å². The van der Waals surface area contributed by atoms with Gasteiger partial charge in [-0.1, -0.05) is 12.1 Å². The average Bonchev–Trinajstić information content (AvgIpc) is 2.44. The summed E-state index contributed by atoms with van der Waals surface area (Å²) in [5, 5.41) is 5.63. The molecule has 1 aromatic carbocycles. The van der Waals surface area contributed by atoms with Gasteiger partial charge in [-0.05, 0) is 41.4 Å². The Hall–Kier alpha value is -0.830. The standard InChI is InChI=1S/C10H11BrN2/c1-3-13-8-6-4-5-7(2)9(8)10(11)12-13/h4-6H,3H2,1-2H3. The summed E-state index contributed by atoms with van der Waals surface area (Å²) in [6.07, 6.45) is 0. The Kier molecular flexibility index (Phi) is 2.12. The van der Waals surface area contributed by atoms with E-state index >= 15 is 0 Å². The summed E-state index contributed by atoms with van der Waals surface area (Å²) >= 11 is 3.48. The lowest BCUT2D eigenvalue weighted by Gasteiger charge is -1.98. The van der Waals surface area contributed by atoms with Crippen LogP contribution in [0.15, 0.2) is 22.8 Å². The van der Waals surface area contributed by atoms with Gasteiger partial charge in [0.15, 0.2) is 0 Å². The molecule has 0 fully saturated rings. The molecule has 13 heavy (non-hydrogen) atoms. The first-order valence-corrected chi connectivity index (χ1v) is 5.15. The van der Waals surface area contributed by atoms with Gasteiger partial charge >= 0.3 is 0 Å². The molecule has 0 N–H and O–H groups in total. The summed E-state index contributed by atoms with van der Waals surface area (Å²) in [6.45, 7) is 5.11. The molecule has 0 spiro atoms. The number of aryl methyl sites for hydroxylation is 2. The predicted octanol–water partition coefficient (Wildman–Crippen LogP) is 3.13. The summed E-state index contributed by atoms with van der Waals surface area (Å²) in [6, 6.07) is 6.27. The quantitative estimate of drug-likeness (QED) is 0.747. The number of aromatic nitrogens is 2. The van der Waals surface area contributed by atoms with Gasteiger partial charge < -0.3 is 0 Å². The Labute approximate surface area is 85.7 Å². The lowest BCUT2D eigenvalue weighted by atomic mass is 10.1. The highest BCUT2D eigenvalue weighted by Gasteiger charge is 2.08. The summed E-state index contributed by atoms with van der Waals surface area (Å²) in [5.41, 5.74) is 2.47. The van der Waals surface area contributed by atoms with E-state index < -0.39 is 0 Å². The summed E-state index contributed by atoms with van der Waals surface area (Å²) in [5.74, 6) is 0. The van der Waals surface area contributed by atoms with E-state index in [-0.39, 0.29) is 0 Å². The molecule has 2 aromatic rings. The van der Waals surface area contributed by atoms with Crippen molar-refractivity contribution < 1.29 is 0 Å². The van der Waals surface area contributed by atoms with Gasteiger partial charge in [-0.3, -0.25) is 4.68 Å². The Morgan fingerprint density at radius 1 is 1.46 bits per heavy atom. The topological polar surface area (TPSA) is 17.8 Å². The fourth-order valence-electron chi connectivity index (χ4n) is 1.59. The van der Waals surface area contributed by atoms with Crippen LogP contribution in [0.5, 0.6) is 0 Å². The molecular formula is C10H11BrN2. The molecule has 0 aliphatic heterocycles. The summed E-state index contributed by atoms with van der Waals surface area (Å²) in [7, 11) is 0. The molecule has 3 heteroatoms. The normalized spacial score (nSPS) is 11.0. The fourth-order valence-corrected chi connectivity index (χ4v) is 2.29. The molecule has 1 heterocycles. The molecule has 0 amide bonds. The third kappa shape index (κ3) is 1.27. The van der Waals surface area contributed by atoms with Crippen LogP contribution >= 0.6 is 15.9 Å². The van der Waals surface area contributed by atoms with Crippen molar-refractivity contribution in [1.29, 1.82) is 0 Å². The van der Waals surface area contributed by atoms with Crippen LogP contribution in [0.25, 0.3) is 10.9 Å². The third-order valence-electron chi connectivity index (χ3n) is 2.24. The first-order valence-electron chi connectivity index (χ1n) is 4.35. The van der Waals surface area contributed by atoms with Gasteiger partial charge in [-0.15, -0.1) is 0 Å². The minimum absolute atomic E-state index is 0.908. The molecule has 0 bridgehead atoms. The third-order valence-corrected chi connectivity index (χ3v) is 2.80. The molecule has 0 aliphatic rings. The highest BCUT2D eigenvalue weighted by Crippen LogP contribution is 2.26. The van der Waals surface area contributed by atoms with Crippen LogP contribution in [0.2, 0.25) is 0 Å². The smallest absolute Gasteiger partial charge is 0.136 e. The monoisotopic (exact) mass is 238 g/mol. The van der Waals surface area contributed by atoms with Crippen LogP contribution in [0.3, 0.4) is 0 Å². The van der Waals surface area contributed by atoms with Crippen molar-refractivity contribution in [2.45, 2.75) is 20.4 Å². The summed E-state index contributed by atoms with van der Waals surface area (Å²) < 4.78 is 2.95. The molecular weight excluding hydrogens is 228 g/mol. The second kappa shape index (κ2) is 3.14. The number of hydrogen-bond acceptors (Lipinski definition) is 1. The van der Waals surface area contributed by atoms with Crippen molar-refractivity contribution in [3.8, 4) is 0 Å². The van der Waals surface area contributed by atoms with Crippen molar-refractivity contribution in [2.24, 2.45) is 0 Å². The van der Waals surface area contributed by atoms with E-state index in [9.17, 15) is 0 Å². The van der Waals surface area contributed by atoms with Crippen LogP contribution in [-0.2, 0) is 6.54 Å². The van der Waals surface area contributed by atoms with Gasteiger partial charge in [0.25, 0.3) is 0 Å². The second-order valence-electron chi connectivity index (χ2n) is 3.08. The Morgan fingerprint density at radius 3 is 2.92 bits per heavy atom. The minimum atomic E-state index is 0.908. The zero-order valence-electron chi connectivity index (χ0n) is 7.71. The van der Waals surface area contributed by atoms with Crippen molar-refractivity contribution in [2.75, 3.05) is 0 Å². The highest BCUT2D eigenvalue weighted by atomic mass is 79.9. The average molecular weight is 239 g/mol. The lowest BCUT2D eigenvalue weighted by Crippen LogP contribution is -1.95. The Bertz CT molecular complexity index is 445. The van der Waals surface area contributed by atoms with E-state index in [1.165, 1.54) is 16.5 Å². The van der Waals surface area contributed by atoms with E-state index in [0.29, 0.717) is 0 Å². The zero-order valence-corrected chi connectivity index (χ0v) is 9.30. The zero-order chi connectivity index (χ0) is 9.42. The highest BCUT2D eigenvalue weighted by molar-refractivity contribution is 9.10. The number of rotatable bonds is 1. The number of benzene rings is 1. The molecule has 1 aromatic heterocycles. The van der Waals surface area contributed by atoms with Gasteiger partial charge in [0.2, 0.25) is 0 Å². The number of nitrogens with zero attached hydrogens (tertiary/aromatic N) is 2. The maximum Gasteiger partial charge on any atom is 0.136 e. The molecule has 0 unspecified atom stereocenters. The van der Waals surface area contributed by atoms with Crippen molar-refractivity contribution in [1.82, 2.24) is 9.78 Å². The van der Waals surface area contributed by atoms with E-state index in [1.807, 2.05) is 4.68 Å². The number of fused-ring (bicyclic) bond motifs is 1. The Morgan fingerprint density at radius 2 is 2.23 bits per heavy atom. The molecule has 0 aliphatic carbocycles. The van der Waals surface area contributed by atoms with Crippen molar-refractivity contribution >= 4 is 26.8 Å². The molecule has 2 nitrogen and oxygen atoms in total. The van der Waals surface area contributed by atoms with Gasteiger partial charge in [0.05, 0.1) is 5.52 Å². The van der Waals surface area contributed by atoms with Crippen LogP contribution < -0.4 is 0 Å². The first-order chi connectivity index (χ1) is 6.24. The van der Waals surface area contributed by atoms with Crippen molar-refractivity contribution in [3.05, 3.63) is 28.4 Å².